The average Bonchev–Trinajstić information content (AvgIpc) is 2.83. The second kappa shape index (κ2) is 6.55. The van der Waals surface area contributed by atoms with Gasteiger partial charge in [0.25, 0.3) is 5.91 Å². The van der Waals surface area contributed by atoms with Crippen molar-refractivity contribution in [2.45, 2.75) is 25.7 Å². The van der Waals surface area contributed by atoms with Gasteiger partial charge in [0.2, 0.25) is 0 Å². The summed E-state index contributed by atoms with van der Waals surface area (Å²) < 4.78 is 0.631. The lowest BCUT2D eigenvalue weighted by atomic mass is 9.79. The molecule has 0 bridgehead atoms. The molecule has 3 nitrogen and oxygen atoms in total. The van der Waals surface area contributed by atoms with Crippen molar-refractivity contribution in [3.63, 3.8) is 0 Å². The van der Waals surface area contributed by atoms with Crippen LogP contribution in [-0.4, -0.2) is 24.2 Å². The summed E-state index contributed by atoms with van der Waals surface area (Å²) in [5, 5.41) is 12.3. The van der Waals surface area contributed by atoms with E-state index in [-0.39, 0.29) is 12.5 Å². The molecule has 18 heavy (non-hydrogen) atoms. The molecule has 0 spiro atoms. The highest BCUT2D eigenvalue weighted by molar-refractivity contribution is 7.17. The molecule has 1 saturated carbocycles. The molecule has 0 aromatic carbocycles. The van der Waals surface area contributed by atoms with Gasteiger partial charge in [-0.05, 0) is 36.8 Å². The van der Waals surface area contributed by atoms with E-state index in [1.54, 1.807) is 12.1 Å². The number of amides is 1. The van der Waals surface area contributed by atoms with Crippen molar-refractivity contribution in [1.82, 2.24) is 5.32 Å². The first-order valence-corrected chi connectivity index (χ1v) is 7.54. The molecule has 1 fully saturated rings. The summed E-state index contributed by atoms with van der Waals surface area (Å²) in [6.45, 7) is 0.880. The molecule has 100 valence electrons. The van der Waals surface area contributed by atoms with Crippen molar-refractivity contribution >= 4 is 28.8 Å². The van der Waals surface area contributed by atoms with Gasteiger partial charge in [0.1, 0.15) is 0 Å². The molecule has 0 radical (unpaired) electrons. The summed E-state index contributed by atoms with van der Waals surface area (Å²) in [4.78, 5) is 12.5. The van der Waals surface area contributed by atoms with Crippen LogP contribution in [0.5, 0.6) is 0 Å². The van der Waals surface area contributed by atoms with E-state index in [9.17, 15) is 9.90 Å². The number of aliphatic hydroxyl groups excluding tert-OH is 1. The average molecular weight is 288 g/mol. The van der Waals surface area contributed by atoms with Gasteiger partial charge >= 0.3 is 0 Å². The van der Waals surface area contributed by atoms with Crippen LogP contribution in [0.4, 0.5) is 0 Å². The molecule has 1 heterocycles. The van der Waals surface area contributed by atoms with Crippen LogP contribution < -0.4 is 5.32 Å². The van der Waals surface area contributed by atoms with Gasteiger partial charge in [-0.1, -0.05) is 24.4 Å². The highest BCUT2D eigenvalue weighted by atomic mass is 35.5. The van der Waals surface area contributed by atoms with E-state index in [2.05, 4.69) is 5.32 Å². The first-order valence-electron chi connectivity index (χ1n) is 6.35. The first-order chi connectivity index (χ1) is 8.70. The number of nitrogens with one attached hydrogen (secondary N) is 1. The van der Waals surface area contributed by atoms with Crippen LogP contribution in [0.15, 0.2) is 12.1 Å². The van der Waals surface area contributed by atoms with Crippen LogP contribution in [-0.2, 0) is 0 Å². The number of hydrogen-bond donors (Lipinski definition) is 2. The van der Waals surface area contributed by atoms with Crippen molar-refractivity contribution in [2.75, 3.05) is 13.2 Å². The molecule has 2 N–H and O–H groups in total. The molecular weight excluding hydrogens is 270 g/mol. The van der Waals surface area contributed by atoms with Crippen molar-refractivity contribution < 1.29 is 9.90 Å². The lowest BCUT2D eigenvalue weighted by Gasteiger charge is -2.30. The molecular formula is C13H18ClNO2S. The quantitative estimate of drug-likeness (QED) is 0.894. The molecule has 2 unspecified atom stereocenters. The van der Waals surface area contributed by atoms with Gasteiger partial charge in [0.15, 0.2) is 0 Å². The third-order valence-corrected chi connectivity index (χ3v) is 4.85. The standard InChI is InChI=1S/C13H18ClNO2S/c14-12-6-5-11(18-12)13(17)15-7-9-3-1-2-4-10(9)8-16/h5-6,9-10,16H,1-4,7-8H2,(H,15,17). The van der Waals surface area contributed by atoms with Gasteiger partial charge in [-0.3, -0.25) is 4.79 Å². The summed E-state index contributed by atoms with van der Waals surface area (Å²) in [6.07, 6.45) is 4.55. The summed E-state index contributed by atoms with van der Waals surface area (Å²) in [5.41, 5.74) is 0. The molecule has 1 aliphatic rings. The molecule has 0 aliphatic heterocycles. The molecule has 1 aromatic rings. The Morgan fingerprint density at radius 2 is 2.11 bits per heavy atom. The minimum absolute atomic E-state index is 0.0610. The van der Waals surface area contributed by atoms with E-state index in [0.717, 1.165) is 12.8 Å². The predicted octanol–water partition coefficient (Wildman–Crippen LogP) is 2.93. The van der Waals surface area contributed by atoms with E-state index in [1.807, 2.05) is 0 Å². The summed E-state index contributed by atoms with van der Waals surface area (Å²) in [5.74, 6) is 0.684. The fourth-order valence-corrected chi connectivity index (χ4v) is 3.50. The Morgan fingerprint density at radius 1 is 1.39 bits per heavy atom. The first kappa shape index (κ1) is 13.8. The Labute approximate surface area is 116 Å². The third-order valence-electron chi connectivity index (χ3n) is 3.62. The Hall–Kier alpha value is -0.580. The molecule has 0 saturated heterocycles. The molecule has 2 atom stereocenters. The normalized spacial score (nSPS) is 23.9. The SMILES string of the molecule is O=C(NCC1CCCCC1CO)c1ccc(Cl)s1. The van der Waals surface area contributed by atoms with Gasteiger partial charge in [-0.2, -0.15) is 0 Å². The Kier molecular flexibility index (Phi) is 5.03. The van der Waals surface area contributed by atoms with E-state index in [4.69, 9.17) is 11.6 Å². The zero-order chi connectivity index (χ0) is 13.0. The number of carbonyl (C=O) groups excluding carboxylic acids is 1. The van der Waals surface area contributed by atoms with Crippen LogP contribution in [0, 0.1) is 11.8 Å². The highest BCUT2D eigenvalue weighted by Gasteiger charge is 2.24. The number of rotatable bonds is 4. The minimum Gasteiger partial charge on any atom is -0.396 e. The van der Waals surface area contributed by atoms with Gasteiger partial charge in [-0.15, -0.1) is 11.3 Å². The van der Waals surface area contributed by atoms with Gasteiger partial charge in [-0.25, -0.2) is 0 Å². The Balaban J connectivity index is 1.85. The highest BCUT2D eigenvalue weighted by Crippen LogP contribution is 2.29. The minimum atomic E-state index is -0.0610. The monoisotopic (exact) mass is 287 g/mol. The molecule has 1 amide bonds. The van der Waals surface area contributed by atoms with Crippen LogP contribution >= 0.6 is 22.9 Å². The number of aliphatic hydroxyl groups is 1. The van der Waals surface area contributed by atoms with Crippen LogP contribution in [0.3, 0.4) is 0 Å². The van der Waals surface area contributed by atoms with Gasteiger partial charge in [0.05, 0.1) is 9.21 Å². The summed E-state index contributed by atoms with van der Waals surface area (Å²) >= 11 is 7.10. The molecule has 1 aromatic heterocycles. The van der Waals surface area contributed by atoms with E-state index in [0.29, 0.717) is 27.6 Å². The second-order valence-electron chi connectivity index (χ2n) is 4.80. The van der Waals surface area contributed by atoms with Crippen molar-refractivity contribution in [2.24, 2.45) is 11.8 Å². The van der Waals surface area contributed by atoms with Crippen LogP contribution in [0.2, 0.25) is 4.34 Å². The summed E-state index contributed by atoms with van der Waals surface area (Å²) in [7, 11) is 0. The molecule has 1 aliphatic carbocycles. The van der Waals surface area contributed by atoms with Crippen molar-refractivity contribution in [3.05, 3.63) is 21.3 Å². The number of carbonyl (C=O) groups is 1. The molecule has 5 heteroatoms. The van der Waals surface area contributed by atoms with E-state index >= 15 is 0 Å². The molecule has 2 rings (SSSR count). The zero-order valence-electron chi connectivity index (χ0n) is 10.2. The predicted molar refractivity (Wildman–Crippen MR) is 74.2 cm³/mol. The Bertz CT molecular complexity index is 407. The number of halogens is 1. The number of hydrogen-bond acceptors (Lipinski definition) is 3. The zero-order valence-corrected chi connectivity index (χ0v) is 11.8. The fourth-order valence-electron chi connectivity index (χ4n) is 2.54. The Morgan fingerprint density at radius 3 is 2.72 bits per heavy atom. The smallest absolute Gasteiger partial charge is 0.261 e. The maximum absolute atomic E-state index is 11.9. The van der Waals surface area contributed by atoms with Gasteiger partial charge in [0, 0.05) is 13.2 Å². The largest absolute Gasteiger partial charge is 0.396 e. The van der Waals surface area contributed by atoms with Crippen LogP contribution in [0.1, 0.15) is 35.4 Å². The van der Waals surface area contributed by atoms with Gasteiger partial charge < -0.3 is 10.4 Å². The van der Waals surface area contributed by atoms with Crippen molar-refractivity contribution in [3.8, 4) is 0 Å². The van der Waals surface area contributed by atoms with E-state index in [1.165, 1.54) is 24.2 Å². The second-order valence-corrected chi connectivity index (χ2v) is 6.52. The summed E-state index contributed by atoms with van der Waals surface area (Å²) in [6, 6.07) is 3.48. The van der Waals surface area contributed by atoms with Crippen LogP contribution in [0.25, 0.3) is 0 Å². The van der Waals surface area contributed by atoms with E-state index < -0.39 is 0 Å². The number of thiophene rings is 1. The topological polar surface area (TPSA) is 49.3 Å². The fraction of sp³-hybridized carbons (Fsp3) is 0.615. The maximum Gasteiger partial charge on any atom is 0.261 e. The van der Waals surface area contributed by atoms with Crippen molar-refractivity contribution in [1.29, 1.82) is 0 Å². The lowest BCUT2D eigenvalue weighted by Crippen LogP contribution is -2.35. The third kappa shape index (κ3) is 3.46. The maximum atomic E-state index is 11.9. The lowest BCUT2D eigenvalue weighted by molar-refractivity contribution is 0.0913.